The van der Waals surface area contributed by atoms with E-state index in [2.05, 4.69) is 20.7 Å². The molecule has 8 heteroatoms. The molecule has 2 amide bonds. The molecule has 0 spiro atoms. The highest BCUT2D eigenvalue weighted by atomic mass is 32.1. The van der Waals surface area contributed by atoms with Crippen molar-refractivity contribution < 1.29 is 9.59 Å². The van der Waals surface area contributed by atoms with Gasteiger partial charge in [0, 0.05) is 33.9 Å². The number of hydrogen-bond acceptors (Lipinski definition) is 5. The van der Waals surface area contributed by atoms with Gasteiger partial charge in [-0.1, -0.05) is 18.2 Å². The summed E-state index contributed by atoms with van der Waals surface area (Å²) < 4.78 is 1.77. The van der Waals surface area contributed by atoms with Crippen LogP contribution in [-0.2, 0) is 0 Å². The van der Waals surface area contributed by atoms with E-state index in [0.29, 0.717) is 22.0 Å². The number of benzene rings is 2. The summed E-state index contributed by atoms with van der Waals surface area (Å²) in [6.45, 7) is 5.77. The van der Waals surface area contributed by atoms with E-state index in [1.807, 2.05) is 57.3 Å². The average molecular weight is 446 g/mol. The standard InChI is InChI=1S/C24H23N5O2S/c1-24(2,3)28-21(30)16-9-11-18(12-10-16)26-22(31)20-15-32-23(27-20)17-13-25-29(14-17)19-7-5-4-6-8-19/h4-15H,1-3H3,(H,26,31)(H,28,30). The molecule has 2 heterocycles. The van der Waals surface area contributed by atoms with E-state index in [-0.39, 0.29) is 17.4 Å². The van der Waals surface area contributed by atoms with Gasteiger partial charge in [-0.3, -0.25) is 9.59 Å². The lowest BCUT2D eigenvalue weighted by atomic mass is 10.1. The van der Waals surface area contributed by atoms with Crippen molar-refractivity contribution in [2.24, 2.45) is 0 Å². The maximum atomic E-state index is 12.6. The minimum atomic E-state index is -0.316. The lowest BCUT2D eigenvalue weighted by molar-refractivity contribution is 0.0919. The number of carbonyl (C=O) groups is 2. The molecule has 4 rings (SSSR count). The van der Waals surface area contributed by atoms with E-state index < -0.39 is 0 Å². The van der Waals surface area contributed by atoms with Crippen molar-refractivity contribution in [1.82, 2.24) is 20.1 Å². The fraction of sp³-hybridized carbons (Fsp3) is 0.167. The summed E-state index contributed by atoms with van der Waals surface area (Å²) in [4.78, 5) is 29.3. The molecule has 0 aliphatic carbocycles. The Morgan fingerprint density at radius 1 is 0.969 bits per heavy atom. The first-order valence-corrected chi connectivity index (χ1v) is 11.0. The topological polar surface area (TPSA) is 88.9 Å². The molecule has 0 saturated carbocycles. The van der Waals surface area contributed by atoms with Gasteiger partial charge in [-0.2, -0.15) is 5.10 Å². The molecule has 2 N–H and O–H groups in total. The van der Waals surface area contributed by atoms with Crippen LogP contribution >= 0.6 is 11.3 Å². The third-order valence-corrected chi connectivity index (χ3v) is 5.37. The minimum Gasteiger partial charge on any atom is -0.347 e. The second kappa shape index (κ2) is 8.76. The van der Waals surface area contributed by atoms with Crippen molar-refractivity contribution in [2.45, 2.75) is 26.3 Å². The largest absolute Gasteiger partial charge is 0.347 e. The number of nitrogens with one attached hydrogen (secondary N) is 2. The van der Waals surface area contributed by atoms with Crippen molar-refractivity contribution in [3.63, 3.8) is 0 Å². The highest BCUT2D eigenvalue weighted by Crippen LogP contribution is 2.25. The van der Waals surface area contributed by atoms with Gasteiger partial charge in [0.05, 0.1) is 11.9 Å². The highest BCUT2D eigenvalue weighted by molar-refractivity contribution is 7.13. The summed E-state index contributed by atoms with van der Waals surface area (Å²) in [5.41, 5.74) is 2.93. The number of rotatable bonds is 5. The Bertz CT molecular complexity index is 1240. The van der Waals surface area contributed by atoms with E-state index in [0.717, 1.165) is 11.3 Å². The Labute approximate surface area is 190 Å². The van der Waals surface area contributed by atoms with Gasteiger partial charge >= 0.3 is 0 Å². The Balaban J connectivity index is 1.42. The number of hydrogen-bond donors (Lipinski definition) is 2. The molecule has 0 unspecified atom stereocenters. The first kappa shape index (κ1) is 21.5. The minimum absolute atomic E-state index is 0.157. The third kappa shape index (κ3) is 5.09. The summed E-state index contributed by atoms with van der Waals surface area (Å²) >= 11 is 1.38. The first-order chi connectivity index (χ1) is 15.3. The molecule has 32 heavy (non-hydrogen) atoms. The smallest absolute Gasteiger partial charge is 0.275 e. The zero-order valence-corrected chi connectivity index (χ0v) is 18.8. The molecule has 0 aliphatic rings. The summed E-state index contributed by atoms with van der Waals surface area (Å²) in [5.74, 6) is -0.467. The van der Waals surface area contributed by atoms with Crippen molar-refractivity contribution >= 4 is 28.8 Å². The molecule has 0 radical (unpaired) electrons. The zero-order chi connectivity index (χ0) is 22.7. The number of anilines is 1. The van der Waals surface area contributed by atoms with Crippen LogP contribution in [0.5, 0.6) is 0 Å². The molecule has 0 bridgehead atoms. The maximum absolute atomic E-state index is 12.6. The fourth-order valence-corrected chi connectivity index (χ4v) is 3.75. The Kier molecular flexibility index (Phi) is 5.87. The number of amides is 2. The van der Waals surface area contributed by atoms with Gasteiger partial charge in [-0.05, 0) is 57.2 Å². The molecule has 2 aromatic heterocycles. The molecule has 0 saturated heterocycles. The van der Waals surface area contributed by atoms with E-state index in [9.17, 15) is 9.59 Å². The van der Waals surface area contributed by atoms with Crippen LogP contribution in [0.25, 0.3) is 16.3 Å². The molecule has 4 aromatic rings. The van der Waals surface area contributed by atoms with Crippen LogP contribution in [0.15, 0.2) is 72.4 Å². The Morgan fingerprint density at radius 3 is 2.38 bits per heavy atom. The van der Waals surface area contributed by atoms with Gasteiger partial charge in [0.1, 0.15) is 10.7 Å². The monoisotopic (exact) mass is 445 g/mol. The molecule has 7 nitrogen and oxygen atoms in total. The van der Waals surface area contributed by atoms with E-state index in [4.69, 9.17) is 0 Å². The first-order valence-electron chi connectivity index (χ1n) is 10.1. The van der Waals surface area contributed by atoms with Crippen LogP contribution in [0.1, 0.15) is 41.6 Å². The summed E-state index contributed by atoms with van der Waals surface area (Å²) in [6.07, 6.45) is 3.62. The predicted molar refractivity (Wildman–Crippen MR) is 126 cm³/mol. The van der Waals surface area contributed by atoms with Gasteiger partial charge in [0.25, 0.3) is 11.8 Å². The van der Waals surface area contributed by atoms with Crippen LogP contribution < -0.4 is 10.6 Å². The van der Waals surface area contributed by atoms with Crippen LogP contribution in [0.4, 0.5) is 5.69 Å². The average Bonchev–Trinajstić information content (AvgIpc) is 3.43. The molecule has 0 fully saturated rings. The predicted octanol–water partition coefficient (Wildman–Crippen LogP) is 4.78. The SMILES string of the molecule is CC(C)(C)NC(=O)c1ccc(NC(=O)c2csc(-c3cnn(-c4ccccc4)c3)n2)cc1. The van der Waals surface area contributed by atoms with Crippen molar-refractivity contribution in [3.05, 3.63) is 83.6 Å². The number of carbonyl (C=O) groups excluding carboxylic acids is 2. The van der Waals surface area contributed by atoms with Gasteiger partial charge in [0.2, 0.25) is 0 Å². The van der Waals surface area contributed by atoms with Gasteiger partial charge < -0.3 is 10.6 Å². The van der Waals surface area contributed by atoms with E-state index >= 15 is 0 Å². The summed E-state index contributed by atoms with van der Waals surface area (Å²) in [6, 6.07) is 16.6. The van der Waals surface area contributed by atoms with Crippen LogP contribution in [-0.4, -0.2) is 32.1 Å². The number of nitrogens with zero attached hydrogens (tertiary/aromatic N) is 3. The summed E-state index contributed by atoms with van der Waals surface area (Å²) in [5, 5.41) is 12.5. The second-order valence-corrected chi connectivity index (χ2v) is 9.14. The van der Waals surface area contributed by atoms with Crippen LogP contribution in [0.3, 0.4) is 0 Å². The maximum Gasteiger partial charge on any atom is 0.275 e. The van der Waals surface area contributed by atoms with Crippen molar-refractivity contribution in [3.8, 4) is 16.3 Å². The lowest BCUT2D eigenvalue weighted by Gasteiger charge is -2.20. The van der Waals surface area contributed by atoms with Gasteiger partial charge in [-0.25, -0.2) is 9.67 Å². The third-order valence-electron chi connectivity index (χ3n) is 4.48. The molecule has 2 aromatic carbocycles. The van der Waals surface area contributed by atoms with Crippen LogP contribution in [0.2, 0.25) is 0 Å². The quantitative estimate of drug-likeness (QED) is 0.463. The molecular formula is C24H23N5O2S. The second-order valence-electron chi connectivity index (χ2n) is 8.28. The zero-order valence-electron chi connectivity index (χ0n) is 18.0. The highest BCUT2D eigenvalue weighted by Gasteiger charge is 2.16. The van der Waals surface area contributed by atoms with Crippen LogP contribution in [0, 0.1) is 0 Å². The number of thiazole rings is 1. The van der Waals surface area contributed by atoms with Crippen molar-refractivity contribution in [2.75, 3.05) is 5.32 Å². The lowest BCUT2D eigenvalue weighted by Crippen LogP contribution is -2.40. The van der Waals surface area contributed by atoms with E-state index in [1.165, 1.54) is 11.3 Å². The normalized spacial score (nSPS) is 11.2. The summed E-state index contributed by atoms with van der Waals surface area (Å²) in [7, 11) is 0. The molecule has 0 atom stereocenters. The molecule has 162 valence electrons. The van der Waals surface area contributed by atoms with Gasteiger partial charge in [0.15, 0.2) is 0 Å². The molecule has 0 aliphatic heterocycles. The van der Waals surface area contributed by atoms with E-state index in [1.54, 1.807) is 40.5 Å². The number of aromatic nitrogens is 3. The Hall–Kier alpha value is -3.78. The number of para-hydroxylation sites is 1. The fourth-order valence-electron chi connectivity index (χ4n) is 2.98. The molecular weight excluding hydrogens is 422 g/mol. The van der Waals surface area contributed by atoms with Gasteiger partial charge in [-0.15, -0.1) is 11.3 Å². The van der Waals surface area contributed by atoms with Crippen molar-refractivity contribution in [1.29, 1.82) is 0 Å². The Morgan fingerprint density at radius 2 is 1.69 bits per heavy atom.